The van der Waals surface area contributed by atoms with Crippen LogP contribution in [0.25, 0.3) is 0 Å². The lowest BCUT2D eigenvalue weighted by molar-refractivity contribution is -0.385. The fourth-order valence-electron chi connectivity index (χ4n) is 4.18. The minimum atomic E-state index is -0.395. The summed E-state index contributed by atoms with van der Waals surface area (Å²) in [6, 6.07) is 19.9. The van der Waals surface area contributed by atoms with Crippen LogP contribution >= 0.6 is 23.4 Å². The third-order valence-electron chi connectivity index (χ3n) is 6.25. The number of rotatable bonds is 10. The van der Waals surface area contributed by atoms with Crippen LogP contribution in [0.15, 0.2) is 76.5 Å². The summed E-state index contributed by atoms with van der Waals surface area (Å²) in [6.45, 7) is 6.88. The predicted molar refractivity (Wildman–Crippen MR) is 146 cm³/mol. The van der Waals surface area contributed by atoms with Crippen molar-refractivity contribution in [1.82, 2.24) is 9.80 Å². The maximum Gasteiger partial charge on any atom is 0.269 e. The smallest absolute Gasteiger partial charge is 0.269 e. The fraction of sp³-hybridized carbons (Fsp3) is 0.321. The first kappa shape index (κ1) is 27.1. The summed E-state index contributed by atoms with van der Waals surface area (Å²) < 4.78 is 5.44. The van der Waals surface area contributed by atoms with Gasteiger partial charge in [-0.1, -0.05) is 41.1 Å². The third kappa shape index (κ3) is 7.79. The lowest BCUT2D eigenvalue weighted by Crippen LogP contribution is -2.39. The summed E-state index contributed by atoms with van der Waals surface area (Å²) in [5.41, 5.74) is 2.45. The Morgan fingerprint density at radius 2 is 1.78 bits per heavy atom. The Morgan fingerprint density at radius 1 is 1.08 bits per heavy atom. The summed E-state index contributed by atoms with van der Waals surface area (Å²) in [5.74, 6) is -0.128. The van der Waals surface area contributed by atoms with Crippen molar-refractivity contribution in [3.8, 4) is 0 Å². The molecule has 1 aliphatic heterocycles. The van der Waals surface area contributed by atoms with Gasteiger partial charge in [0.05, 0.1) is 18.1 Å². The van der Waals surface area contributed by atoms with E-state index in [2.05, 4.69) is 4.90 Å². The summed E-state index contributed by atoms with van der Waals surface area (Å²) in [4.78, 5) is 30.8. The van der Waals surface area contributed by atoms with E-state index in [4.69, 9.17) is 16.3 Å². The third-order valence-corrected chi connectivity index (χ3v) is 7.63. The molecule has 9 heteroatoms. The van der Waals surface area contributed by atoms with Crippen LogP contribution in [-0.4, -0.2) is 60.0 Å². The van der Waals surface area contributed by atoms with E-state index < -0.39 is 4.92 Å². The Bertz CT molecular complexity index is 1220. The molecule has 1 aliphatic rings. The normalized spacial score (nSPS) is 13.9. The SMILES string of the molecule is Cc1ccc(Sc2ccc([N+](=O)[O-])cc2CN(CCCN2CCOCC2)C(=O)c2ccc(Cl)cc2)cc1. The van der Waals surface area contributed by atoms with Gasteiger partial charge in [-0.05, 0) is 61.4 Å². The molecule has 7 nitrogen and oxygen atoms in total. The van der Waals surface area contributed by atoms with Gasteiger partial charge in [0.1, 0.15) is 0 Å². The lowest BCUT2D eigenvalue weighted by atomic mass is 10.1. The van der Waals surface area contributed by atoms with Crippen molar-refractivity contribution in [2.45, 2.75) is 29.7 Å². The first-order valence-corrected chi connectivity index (χ1v) is 13.5. The molecule has 1 amide bonds. The number of ether oxygens (including phenoxy) is 1. The Balaban J connectivity index is 1.59. The highest BCUT2D eigenvalue weighted by Crippen LogP contribution is 2.34. The number of nitro benzene ring substituents is 1. The Hall–Kier alpha value is -2.91. The summed E-state index contributed by atoms with van der Waals surface area (Å²) in [5, 5.41) is 12.1. The van der Waals surface area contributed by atoms with Crippen molar-refractivity contribution >= 4 is 35.0 Å². The number of carbonyl (C=O) groups excluding carboxylic acids is 1. The minimum absolute atomic E-state index is 0.00969. The number of non-ortho nitro benzene ring substituents is 1. The molecule has 0 saturated carbocycles. The number of hydrogen-bond acceptors (Lipinski definition) is 6. The highest BCUT2D eigenvalue weighted by Gasteiger charge is 2.21. The molecule has 37 heavy (non-hydrogen) atoms. The molecular weight excluding hydrogens is 510 g/mol. The molecule has 0 aliphatic carbocycles. The summed E-state index contributed by atoms with van der Waals surface area (Å²) >= 11 is 7.58. The van der Waals surface area contributed by atoms with Gasteiger partial charge in [-0.2, -0.15) is 0 Å². The number of morpholine rings is 1. The first-order valence-electron chi connectivity index (χ1n) is 12.3. The lowest BCUT2D eigenvalue weighted by Gasteiger charge is -2.29. The van der Waals surface area contributed by atoms with E-state index in [1.54, 1.807) is 53.1 Å². The molecule has 1 fully saturated rings. The van der Waals surface area contributed by atoms with Crippen LogP contribution in [0, 0.1) is 17.0 Å². The van der Waals surface area contributed by atoms with Crippen LogP contribution in [0.3, 0.4) is 0 Å². The van der Waals surface area contributed by atoms with Crippen LogP contribution in [-0.2, 0) is 11.3 Å². The Labute approximate surface area is 226 Å². The van der Waals surface area contributed by atoms with Crippen LogP contribution < -0.4 is 0 Å². The Morgan fingerprint density at radius 3 is 2.46 bits per heavy atom. The topological polar surface area (TPSA) is 75.9 Å². The molecule has 0 N–H and O–H groups in total. The molecule has 0 radical (unpaired) electrons. The average molecular weight is 540 g/mol. The molecule has 1 saturated heterocycles. The zero-order chi connectivity index (χ0) is 26.2. The number of hydrogen-bond donors (Lipinski definition) is 0. The average Bonchev–Trinajstić information content (AvgIpc) is 2.91. The van der Waals surface area contributed by atoms with Gasteiger partial charge in [-0.3, -0.25) is 19.8 Å². The zero-order valence-corrected chi connectivity index (χ0v) is 22.3. The fourth-order valence-corrected chi connectivity index (χ4v) is 5.22. The number of carbonyl (C=O) groups is 1. The van der Waals surface area contributed by atoms with Gasteiger partial charge in [0.25, 0.3) is 11.6 Å². The van der Waals surface area contributed by atoms with Gasteiger partial charge in [-0.25, -0.2) is 0 Å². The van der Waals surface area contributed by atoms with E-state index in [1.165, 1.54) is 6.07 Å². The number of aryl methyl sites for hydroxylation is 1. The van der Waals surface area contributed by atoms with Crippen LogP contribution in [0.5, 0.6) is 0 Å². The number of nitrogens with zero attached hydrogens (tertiary/aromatic N) is 3. The second-order valence-electron chi connectivity index (χ2n) is 9.01. The number of halogens is 1. The second kappa shape index (κ2) is 13.1. The van der Waals surface area contributed by atoms with Gasteiger partial charge in [-0.15, -0.1) is 0 Å². The van der Waals surface area contributed by atoms with Gasteiger partial charge in [0.2, 0.25) is 0 Å². The van der Waals surface area contributed by atoms with Crippen molar-refractivity contribution < 1.29 is 14.5 Å². The van der Waals surface area contributed by atoms with Gasteiger partial charge >= 0.3 is 0 Å². The van der Waals surface area contributed by atoms with E-state index >= 15 is 0 Å². The van der Waals surface area contributed by atoms with E-state index in [0.717, 1.165) is 60.2 Å². The van der Waals surface area contributed by atoms with Crippen LogP contribution in [0.1, 0.15) is 27.9 Å². The Kier molecular flexibility index (Phi) is 9.57. The molecule has 0 bridgehead atoms. The molecular formula is C28H30ClN3O4S. The number of benzene rings is 3. The van der Waals surface area contributed by atoms with Crippen LogP contribution in [0.2, 0.25) is 5.02 Å². The predicted octanol–water partition coefficient (Wildman–Crippen LogP) is 6.07. The monoisotopic (exact) mass is 539 g/mol. The zero-order valence-electron chi connectivity index (χ0n) is 20.8. The largest absolute Gasteiger partial charge is 0.379 e. The molecule has 3 aromatic rings. The second-order valence-corrected chi connectivity index (χ2v) is 10.6. The number of amides is 1. The highest BCUT2D eigenvalue weighted by molar-refractivity contribution is 7.99. The van der Waals surface area contributed by atoms with Gasteiger partial charge in [0, 0.05) is 65.2 Å². The van der Waals surface area contributed by atoms with Crippen molar-refractivity contribution in [2.75, 3.05) is 39.4 Å². The molecule has 194 valence electrons. The molecule has 0 unspecified atom stereocenters. The first-order chi connectivity index (χ1) is 17.9. The van der Waals surface area contributed by atoms with Crippen molar-refractivity contribution in [2.24, 2.45) is 0 Å². The van der Waals surface area contributed by atoms with E-state index in [9.17, 15) is 14.9 Å². The molecule has 4 rings (SSSR count). The van der Waals surface area contributed by atoms with Crippen molar-refractivity contribution in [3.63, 3.8) is 0 Å². The quantitative estimate of drug-likeness (QED) is 0.230. The molecule has 0 aromatic heterocycles. The van der Waals surface area contributed by atoms with Crippen molar-refractivity contribution in [1.29, 1.82) is 0 Å². The number of nitro groups is 1. The van der Waals surface area contributed by atoms with E-state index in [-0.39, 0.29) is 18.1 Å². The highest BCUT2D eigenvalue weighted by atomic mass is 35.5. The molecule has 0 atom stereocenters. The van der Waals surface area contributed by atoms with E-state index in [1.807, 2.05) is 31.2 Å². The van der Waals surface area contributed by atoms with Crippen molar-refractivity contribution in [3.05, 3.63) is 98.6 Å². The van der Waals surface area contributed by atoms with Gasteiger partial charge in [0.15, 0.2) is 0 Å². The molecule has 1 heterocycles. The molecule has 0 spiro atoms. The summed E-state index contributed by atoms with van der Waals surface area (Å²) in [6.07, 6.45) is 0.786. The van der Waals surface area contributed by atoms with E-state index in [0.29, 0.717) is 17.1 Å². The maximum atomic E-state index is 13.6. The maximum absolute atomic E-state index is 13.6. The molecule has 3 aromatic carbocycles. The summed E-state index contributed by atoms with van der Waals surface area (Å²) in [7, 11) is 0. The van der Waals surface area contributed by atoms with Crippen LogP contribution in [0.4, 0.5) is 5.69 Å². The standard InChI is InChI=1S/C28H30ClN3O4S/c1-21-3-10-26(11-4-21)37-27-12-9-25(32(34)35)19-23(27)20-31(14-2-13-30-15-17-36-18-16-30)28(33)22-5-7-24(29)8-6-22/h3-12,19H,2,13-18,20H2,1H3. The van der Waals surface area contributed by atoms with Gasteiger partial charge < -0.3 is 9.64 Å². The minimum Gasteiger partial charge on any atom is -0.379 e.